The van der Waals surface area contributed by atoms with Crippen molar-refractivity contribution < 1.29 is 19.1 Å². The third-order valence-electron chi connectivity index (χ3n) is 5.17. The summed E-state index contributed by atoms with van der Waals surface area (Å²) >= 11 is 0. The number of carbonyl (C=O) groups is 2. The Balaban J connectivity index is 1.44. The second-order valence-electron chi connectivity index (χ2n) is 7.57. The van der Waals surface area contributed by atoms with E-state index in [1.165, 1.54) is 23.9 Å². The minimum atomic E-state index is -0.765. The van der Waals surface area contributed by atoms with Crippen molar-refractivity contribution in [3.8, 4) is 0 Å². The number of hydrogen-bond acceptors (Lipinski definition) is 8. The number of amides is 2. The Morgan fingerprint density at radius 1 is 0.706 bits per heavy atom. The molecule has 5 rings (SSSR count). The molecule has 2 aliphatic rings. The highest BCUT2D eigenvalue weighted by Gasteiger charge is 2.36. The highest BCUT2D eigenvalue weighted by Crippen LogP contribution is 2.31. The van der Waals surface area contributed by atoms with E-state index in [0.717, 1.165) is 0 Å². The molecule has 0 saturated carbocycles. The Morgan fingerprint density at radius 2 is 1.18 bits per heavy atom. The van der Waals surface area contributed by atoms with Crippen LogP contribution in [0.5, 0.6) is 0 Å². The van der Waals surface area contributed by atoms with Gasteiger partial charge in [0.2, 0.25) is 36.1 Å². The fraction of sp³-hybridized carbons (Fsp3) is 0.167. The number of benzene rings is 1. The minimum Gasteiger partial charge on any atom is -0.444 e. The van der Waals surface area contributed by atoms with Crippen molar-refractivity contribution in [2.24, 2.45) is 10.2 Å². The molecule has 3 aromatic rings. The van der Waals surface area contributed by atoms with Crippen LogP contribution in [0.4, 0.5) is 0 Å². The first-order valence-corrected chi connectivity index (χ1v) is 10.5. The quantitative estimate of drug-likeness (QED) is 0.597. The zero-order valence-corrected chi connectivity index (χ0v) is 18.4. The van der Waals surface area contributed by atoms with Gasteiger partial charge >= 0.3 is 0 Å². The van der Waals surface area contributed by atoms with Gasteiger partial charge in [-0.15, -0.1) is 10.2 Å². The molecule has 0 radical (unpaired) electrons. The zero-order chi connectivity index (χ0) is 23.7. The molecular formula is C24H20N6O4. The lowest BCUT2D eigenvalue weighted by Gasteiger charge is -2.18. The molecule has 34 heavy (non-hydrogen) atoms. The van der Waals surface area contributed by atoms with Crippen molar-refractivity contribution in [2.75, 3.05) is 0 Å². The summed E-state index contributed by atoms with van der Waals surface area (Å²) in [6.07, 6.45) is 1.73. The van der Waals surface area contributed by atoms with Crippen LogP contribution in [0.15, 0.2) is 83.3 Å². The van der Waals surface area contributed by atoms with Crippen LogP contribution in [0.3, 0.4) is 0 Å². The monoisotopic (exact) mass is 456 g/mol. The summed E-state index contributed by atoms with van der Waals surface area (Å²) in [5, 5.41) is 11.2. The van der Waals surface area contributed by atoms with Crippen LogP contribution in [-0.2, 0) is 19.1 Å². The second-order valence-corrected chi connectivity index (χ2v) is 7.57. The van der Waals surface area contributed by atoms with Crippen molar-refractivity contribution >= 4 is 23.6 Å². The molecule has 0 N–H and O–H groups in total. The summed E-state index contributed by atoms with van der Waals surface area (Å²) in [6, 6.07) is 17.9. The Hall–Kier alpha value is -4.60. The van der Waals surface area contributed by atoms with Gasteiger partial charge in [0.05, 0.1) is 0 Å². The number of pyridine rings is 2. The SMILES string of the molecule is CC(=O)N1N=C(c2cccc(C3=NN(C(C)=O)C(c4ccccn4)O3)c2)OC1c1ccccn1. The summed E-state index contributed by atoms with van der Waals surface area (Å²) in [5.41, 5.74) is 2.35. The lowest BCUT2D eigenvalue weighted by atomic mass is 10.1. The molecular weight excluding hydrogens is 436 g/mol. The number of aromatic nitrogens is 2. The van der Waals surface area contributed by atoms with Crippen LogP contribution < -0.4 is 0 Å². The molecule has 1 aromatic carbocycles. The molecule has 0 fully saturated rings. The summed E-state index contributed by atoms with van der Waals surface area (Å²) in [7, 11) is 0. The van der Waals surface area contributed by atoms with E-state index in [0.29, 0.717) is 22.5 Å². The first-order valence-electron chi connectivity index (χ1n) is 10.5. The van der Waals surface area contributed by atoms with Gasteiger partial charge in [0.1, 0.15) is 11.4 Å². The largest absolute Gasteiger partial charge is 0.444 e. The van der Waals surface area contributed by atoms with Gasteiger partial charge < -0.3 is 9.47 Å². The fourth-order valence-corrected chi connectivity index (χ4v) is 3.58. The van der Waals surface area contributed by atoms with E-state index < -0.39 is 12.5 Å². The van der Waals surface area contributed by atoms with Gasteiger partial charge in [0.25, 0.3) is 0 Å². The van der Waals surface area contributed by atoms with E-state index in [2.05, 4.69) is 20.2 Å². The highest BCUT2D eigenvalue weighted by molar-refractivity contribution is 6.01. The molecule has 4 heterocycles. The van der Waals surface area contributed by atoms with Crippen LogP contribution >= 0.6 is 0 Å². The first-order chi connectivity index (χ1) is 16.5. The smallest absolute Gasteiger partial charge is 0.243 e. The highest BCUT2D eigenvalue weighted by atomic mass is 16.5. The second kappa shape index (κ2) is 8.74. The van der Waals surface area contributed by atoms with Crippen molar-refractivity contribution in [2.45, 2.75) is 26.3 Å². The van der Waals surface area contributed by atoms with Crippen molar-refractivity contribution in [1.29, 1.82) is 0 Å². The molecule has 0 saturated heterocycles. The Morgan fingerprint density at radius 3 is 1.56 bits per heavy atom. The molecule has 10 nitrogen and oxygen atoms in total. The Labute approximate surface area is 195 Å². The standard InChI is InChI=1S/C24H20N6O4/c1-15(31)29-23(19-10-3-5-12-25-19)33-21(27-29)17-8-7-9-18(14-17)22-28-30(16(2)32)24(34-22)20-11-4-6-13-26-20/h3-14,23-24H,1-2H3. The molecule has 0 bridgehead atoms. The van der Waals surface area contributed by atoms with Gasteiger partial charge in [-0.2, -0.15) is 10.0 Å². The Kier molecular flexibility index (Phi) is 5.46. The van der Waals surface area contributed by atoms with Crippen LogP contribution in [-0.4, -0.2) is 43.6 Å². The average molecular weight is 456 g/mol. The Bertz CT molecular complexity index is 1200. The topological polar surface area (TPSA) is 110 Å². The lowest BCUT2D eigenvalue weighted by Crippen LogP contribution is -2.25. The predicted octanol–water partition coefficient (Wildman–Crippen LogP) is 2.95. The maximum absolute atomic E-state index is 12.2. The molecule has 2 unspecified atom stereocenters. The van der Waals surface area contributed by atoms with Crippen LogP contribution in [0.25, 0.3) is 0 Å². The van der Waals surface area contributed by atoms with E-state index >= 15 is 0 Å². The molecule has 2 amide bonds. The van der Waals surface area contributed by atoms with Gasteiger partial charge in [0.15, 0.2) is 0 Å². The molecule has 2 atom stereocenters. The minimum absolute atomic E-state index is 0.260. The fourth-order valence-electron chi connectivity index (χ4n) is 3.58. The summed E-state index contributed by atoms with van der Waals surface area (Å²) in [4.78, 5) is 32.9. The van der Waals surface area contributed by atoms with Crippen molar-refractivity contribution in [3.05, 3.63) is 95.6 Å². The van der Waals surface area contributed by atoms with Crippen LogP contribution in [0.2, 0.25) is 0 Å². The third kappa shape index (κ3) is 3.96. The van der Waals surface area contributed by atoms with E-state index in [1.807, 2.05) is 12.1 Å². The molecule has 170 valence electrons. The van der Waals surface area contributed by atoms with Gasteiger partial charge in [-0.05, 0) is 42.5 Å². The van der Waals surface area contributed by atoms with Crippen molar-refractivity contribution in [3.63, 3.8) is 0 Å². The third-order valence-corrected chi connectivity index (χ3v) is 5.17. The van der Waals surface area contributed by atoms with Gasteiger partial charge in [-0.1, -0.05) is 18.2 Å². The number of rotatable bonds is 4. The van der Waals surface area contributed by atoms with E-state index in [9.17, 15) is 9.59 Å². The predicted molar refractivity (Wildman–Crippen MR) is 121 cm³/mol. The summed E-state index contributed by atoms with van der Waals surface area (Å²) in [6.45, 7) is 2.83. The van der Waals surface area contributed by atoms with Gasteiger partial charge in [-0.25, -0.2) is 0 Å². The number of hydrogen-bond donors (Lipinski definition) is 0. The number of carbonyl (C=O) groups excluding carboxylic acids is 2. The van der Waals surface area contributed by atoms with Crippen LogP contribution in [0, 0.1) is 0 Å². The number of nitrogens with zero attached hydrogens (tertiary/aromatic N) is 6. The maximum Gasteiger partial charge on any atom is 0.243 e. The van der Waals surface area contributed by atoms with E-state index in [1.54, 1.807) is 60.9 Å². The van der Waals surface area contributed by atoms with Gasteiger partial charge in [0, 0.05) is 37.4 Å². The molecule has 10 heteroatoms. The summed E-state index contributed by atoms with van der Waals surface area (Å²) < 4.78 is 12.0. The lowest BCUT2D eigenvalue weighted by molar-refractivity contribution is -0.136. The average Bonchev–Trinajstić information content (AvgIpc) is 3.51. The molecule has 2 aromatic heterocycles. The molecule has 2 aliphatic heterocycles. The number of ether oxygens (including phenoxy) is 2. The van der Waals surface area contributed by atoms with E-state index in [-0.39, 0.29) is 23.6 Å². The normalized spacial score (nSPS) is 19.2. The first kappa shape index (κ1) is 21.3. The molecule has 0 aliphatic carbocycles. The van der Waals surface area contributed by atoms with Gasteiger partial charge in [-0.3, -0.25) is 19.6 Å². The maximum atomic E-state index is 12.2. The van der Waals surface area contributed by atoms with Crippen LogP contribution in [0.1, 0.15) is 48.8 Å². The van der Waals surface area contributed by atoms with Crippen molar-refractivity contribution in [1.82, 2.24) is 20.0 Å². The zero-order valence-electron chi connectivity index (χ0n) is 18.4. The molecule has 0 spiro atoms. The number of hydrazone groups is 2. The summed E-state index contributed by atoms with van der Waals surface area (Å²) in [5.74, 6) is -0.0341. The van der Waals surface area contributed by atoms with E-state index in [4.69, 9.17) is 9.47 Å².